The van der Waals surface area contributed by atoms with Gasteiger partial charge in [0.1, 0.15) is 0 Å². The molecule has 1 aromatic heterocycles. The van der Waals surface area contributed by atoms with Gasteiger partial charge in [-0.2, -0.15) is 13.2 Å². The number of hydrogen-bond acceptors (Lipinski definition) is 0. The fourth-order valence-corrected chi connectivity index (χ4v) is 4.16. The number of aromatic nitrogens is 1. The Labute approximate surface area is 181 Å². The average Bonchev–Trinajstić information content (AvgIpc) is 3.02. The van der Waals surface area contributed by atoms with Gasteiger partial charge in [0.2, 0.25) is 0 Å². The van der Waals surface area contributed by atoms with E-state index >= 15 is 0 Å². The number of fused-ring (bicyclic) bond motifs is 3. The van der Waals surface area contributed by atoms with Crippen LogP contribution in [0.5, 0.6) is 0 Å². The molecule has 0 bridgehead atoms. The number of H-pyrrole nitrogens is 1. The van der Waals surface area contributed by atoms with Crippen LogP contribution in [-0.4, -0.2) is 4.98 Å². The number of alkyl halides is 3. The molecule has 1 N–H and O–H groups in total. The van der Waals surface area contributed by atoms with E-state index in [1.807, 2.05) is 26.8 Å². The summed E-state index contributed by atoms with van der Waals surface area (Å²) in [5, 5.41) is 2.13. The SMILES string of the molecule is CC(C)(C)c1ccc2[nH]c3cc(-c4cc[c]cc4C(F)(F)F)c(C(C)(C)C)cc3c2c1. The number of rotatable bonds is 1. The van der Waals surface area contributed by atoms with Crippen LogP contribution in [0.15, 0.2) is 48.5 Å². The Bertz CT molecular complexity index is 1280. The van der Waals surface area contributed by atoms with Gasteiger partial charge in [-0.15, -0.1) is 0 Å². The molecule has 0 saturated heterocycles. The van der Waals surface area contributed by atoms with E-state index in [9.17, 15) is 13.2 Å². The van der Waals surface area contributed by atoms with Crippen molar-refractivity contribution < 1.29 is 13.2 Å². The summed E-state index contributed by atoms with van der Waals surface area (Å²) in [4.78, 5) is 3.41. The van der Waals surface area contributed by atoms with Crippen LogP contribution in [0.3, 0.4) is 0 Å². The molecule has 0 aliphatic rings. The third-order valence-electron chi connectivity index (χ3n) is 5.87. The first kappa shape index (κ1) is 21.5. The highest BCUT2D eigenvalue weighted by atomic mass is 19.4. The van der Waals surface area contributed by atoms with Crippen molar-refractivity contribution in [2.75, 3.05) is 0 Å². The predicted molar refractivity (Wildman–Crippen MR) is 122 cm³/mol. The average molecular weight is 423 g/mol. The maximum Gasteiger partial charge on any atom is 0.417 e. The van der Waals surface area contributed by atoms with E-state index in [1.165, 1.54) is 11.6 Å². The molecule has 4 aromatic rings. The number of aromatic amines is 1. The van der Waals surface area contributed by atoms with Gasteiger partial charge in [0, 0.05) is 21.8 Å². The van der Waals surface area contributed by atoms with Gasteiger partial charge < -0.3 is 4.98 Å². The van der Waals surface area contributed by atoms with E-state index in [0.717, 1.165) is 33.4 Å². The van der Waals surface area contributed by atoms with Crippen molar-refractivity contribution in [1.82, 2.24) is 4.98 Å². The summed E-state index contributed by atoms with van der Waals surface area (Å²) in [6.07, 6.45) is -4.45. The predicted octanol–water partition coefficient (Wildman–Crippen LogP) is 8.40. The van der Waals surface area contributed by atoms with Gasteiger partial charge in [-0.05, 0) is 69.5 Å². The third-order valence-corrected chi connectivity index (χ3v) is 5.87. The summed E-state index contributed by atoms with van der Waals surface area (Å²) in [6.45, 7) is 12.6. The molecule has 161 valence electrons. The van der Waals surface area contributed by atoms with Crippen LogP contribution in [0.25, 0.3) is 32.9 Å². The number of halogens is 3. The molecule has 0 aliphatic heterocycles. The molecule has 0 amide bonds. The Morgan fingerprint density at radius 1 is 0.710 bits per heavy atom. The molecule has 1 heterocycles. The highest BCUT2D eigenvalue weighted by Gasteiger charge is 2.34. The van der Waals surface area contributed by atoms with Crippen LogP contribution in [0.4, 0.5) is 13.2 Å². The lowest BCUT2D eigenvalue weighted by Crippen LogP contribution is -2.14. The minimum atomic E-state index is -4.45. The Hall–Kier alpha value is -2.75. The first-order valence-corrected chi connectivity index (χ1v) is 10.4. The second-order valence-electron chi connectivity index (χ2n) is 10.3. The van der Waals surface area contributed by atoms with Gasteiger partial charge in [0.25, 0.3) is 0 Å². The minimum Gasteiger partial charge on any atom is -0.354 e. The summed E-state index contributed by atoms with van der Waals surface area (Å²) in [6, 6.07) is 17.0. The molecule has 1 nitrogen and oxygen atoms in total. The molecule has 0 fully saturated rings. The zero-order valence-corrected chi connectivity index (χ0v) is 18.8. The first-order chi connectivity index (χ1) is 14.3. The van der Waals surface area contributed by atoms with E-state index in [1.54, 1.807) is 6.07 Å². The maximum absolute atomic E-state index is 13.8. The Kier molecular flexibility index (Phi) is 4.77. The quantitative estimate of drug-likeness (QED) is 0.317. The Morgan fingerprint density at radius 2 is 1.39 bits per heavy atom. The standard InChI is InChI=1S/C27H27F3N/c1-25(2,3)16-11-12-23-19(13-16)20-14-22(26(4,5)6)18(15-24(20)31-23)17-9-7-8-10-21(17)27(28,29)30/h7,9-15,31H,1-6H3. The van der Waals surface area contributed by atoms with Crippen molar-refractivity contribution >= 4 is 21.8 Å². The highest BCUT2D eigenvalue weighted by molar-refractivity contribution is 6.09. The van der Waals surface area contributed by atoms with E-state index in [0.29, 0.717) is 5.56 Å². The van der Waals surface area contributed by atoms with Crippen molar-refractivity contribution in [3.63, 3.8) is 0 Å². The summed E-state index contributed by atoms with van der Waals surface area (Å²) in [5.41, 5.74) is 3.73. The Morgan fingerprint density at radius 3 is 2.00 bits per heavy atom. The van der Waals surface area contributed by atoms with Crippen molar-refractivity contribution in [1.29, 1.82) is 0 Å². The minimum absolute atomic E-state index is 0.00668. The van der Waals surface area contributed by atoms with Gasteiger partial charge in [-0.1, -0.05) is 59.7 Å². The summed E-state index contributed by atoms with van der Waals surface area (Å²) in [7, 11) is 0. The number of benzene rings is 3. The van der Waals surface area contributed by atoms with E-state index in [4.69, 9.17) is 0 Å². The topological polar surface area (TPSA) is 15.8 Å². The van der Waals surface area contributed by atoms with Crippen LogP contribution in [0.1, 0.15) is 58.2 Å². The second-order valence-corrected chi connectivity index (χ2v) is 10.3. The molecule has 0 unspecified atom stereocenters. The zero-order valence-electron chi connectivity index (χ0n) is 18.8. The molecule has 4 heteroatoms. The molecule has 0 spiro atoms. The molecular weight excluding hydrogens is 395 g/mol. The normalized spacial score (nSPS) is 13.3. The molecule has 1 radical (unpaired) electrons. The lowest BCUT2D eigenvalue weighted by atomic mass is 9.80. The fourth-order valence-electron chi connectivity index (χ4n) is 4.16. The molecule has 4 rings (SSSR count). The van der Waals surface area contributed by atoms with Crippen molar-refractivity contribution in [3.8, 4) is 11.1 Å². The summed E-state index contributed by atoms with van der Waals surface area (Å²) >= 11 is 0. The number of nitrogens with one attached hydrogen (secondary N) is 1. The van der Waals surface area contributed by atoms with E-state index in [2.05, 4.69) is 56.1 Å². The second kappa shape index (κ2) is 6.88. The zero-order chi connectivity index (χ0) is 22.8. The van der Waals surface area contributed by atoms with E-state index < -0.39 is 11.7 Å². The van der Waals surface area contributed by atoms with Crippen LogP contribution < -0.4 is 0 Å². The van der Waals surface area contributed by atoms with Gasteiger partial charge in [0.15, 0.2) is 0 Å². The van der Waals surface area contributed by atoms with Crippen LogP contribution in [0.2, 0.25) is 0 Å². The molecule has 0 saturated carbocycles. The largest absolute Gasteiger partial charge is 0.417 e. The van der Waals surface area contributed by atoms with Gasteiger partial charge >= 0.3 is 6.18 Å². The highest BCUT2D eigenvalue weighted by Crippen LogP contribution is 2.43. The van der Waals surface area contributed by atoms with Gasteiger partial charge in [0.05, 0.1) is 5.56 Å². The summed E-state index contributed by atoms with van der Waals surface area (Å²) in [5.74, 6) is 0. The smallest absolute Gasteiger partial charge is 0.354 e. The van der Waals surface area contributed by atoms with E-state index in [-0.39, 0.29) is 16.4 Å². The van der Waals surface area contributed by atoms with Crippen LogP contribution >= 0.6 is 0 Å². The van der Waals surface area contributed by atoms with Gasteiger partial charge in [-0.3, -0.25) is 0 Å². The van der Waals surface area contributed by atoms with Crippen molar-refractivity contribution in [2.45, 2.75) is 58.5 Å². The van der Waals surface area contributed by atoms with Crippen LogP contribution in [0, 0.1) is 6.07 Å². The summed E-state index contributed by atoms with van der Waals surface area (Å²) < 4.78 is 41.3. The van der Waals surface area contributed by atoms with Gasteiger partial charge in [-0.25, -0.2) is 0 Å². The fraction of sp³-hybridized carbons (Fsp3) is 0.333. The molecule has 0 atom stereocenters. The molecule has 3 aromatic carbocycles. The Balaban J connectivity index is 2.08. The first-order valence-electron chi connectivity index (χ1n) is 10.4. The van der Waals surface area contributed by atoms with Crippen molar-refractivity contribution in [3.05, 3.63) is 71.3 Å². The molecule has 31 heavy (non-hydrogen) atoms. The van der Waals surface area contributed by atoms with Crippen molar-refractivity contribution in [2.24, 2.45) is 0 Å². The lowest BCUT2D eigenvalue weighted by Gasteiger charge is -2.25. The van der Waals surface area contributed by atoms with Crippen LogP contribution in [-0.2, 0) is 17.0 Å². The molecule has 0 aliphatic carbocycles. The maximum atomic E-state index is 13.8. The molecular formula is C27H27F3N. The number of hydrogen-bond donors (Lipinski definition) is 1. The lowest BCUT2D eigenvalue weighted by molar-refractivity contribution is -0.137. The monoisotopic (exact) mass is 422 g/mol. The third kappa shape index (κ3) is 3.84.